The normalized spacial score (nSPS) is 21.9. The lowest BCUT2D eigenvalue weighted by Gasteiger charge is -2.36. The van der Waals surface area contributed by atoms with Gasteiger partial charge in [0.1, 0.15) is 0 Å². The maximum absolute atomic E-state index is 13.7. The molecule has 1 aromatic carbocycles. The smallest absolute Gasteiger partial charge is 0.231 e. The van der Waals surface area contributed by atoms with Crippen LogP contribution >= 0.6 is 0 Å². The first-order valence-corrected chi connectivity index (χ1v) is 7.47. The van der Waals surface area contributed by atoms with Crippen LogP contribution in [0, 0.1) is 11.2 Å². The Labute approximate surface area is 125 Å². The summed E-state index contributed by atoms with van der Waals surface area (Å²) in [6.45, 7) is 3.72. The van der Waals surface area contributed by atoms with Crippen molar-refractivity contribution < 1.29 is 13.9 Å². The molecule has 2 N–H and O–H groups in total. The number of ether oxygens (including phenoxy) is 1. The quantitative estimate of drug-likeness (QED) is 0.878. The third-order valence-corrected chi connectivity index (χ3v) is 4.09. The van der Waals surface area contributed by atoms with Crippen molar-refractivity contribution in [2.75, 3.05) is 25.5 Å². The van der Waals surface area contributed by atoms with Crippen LogP contribution in [0.25, 0.3) is 0 Å². The van der Waals surface area contributed by atoms with Gasteiger partial charge in [0, 0.05) is 18.3 Å². The van der Waals surface area contributed by atoms with Crippen molar-refractivity contribution in [3.05, 3.63) is 24.0 Å². The molecule has 0 radical (unpaired) electrons. The zero-order valence-electron chi connectivity index (χ0n) is 12.7. The fraction of sp³-hybridized carbons (Fsp3) is 0.562. The predicted molar refractivity (Wildman–Crippen MR) is 81.0 cm³/mol. The Bertz CT molecular complexity index is 494. The zero-order chi connectivity index (χ0) is 15.3. The Morgan fingerprint density at radius 3 is 2.90 bits per heavy atom. The number of amides is 1. The van der Waals surface area contributed by atoms with Gasteiger partial charge < -0.3 is 15.4 Å². The molecule has 1 heterocycles. The van der Waals surface area contributed by atoms with E-state index in [0.717, 1.165) is 32.2 Å². The van der Waals surface area contributed by atoms with Crippen LogP contribution in [0.4, 0.5) is 10.1 Å². The standard InChI is InChI=1S/C16H23FN2O2/c1-3-7-16(8-4-9-18-11-16)15(20)19-12-5-6-14(21-2)13(17)10-12/h5-6,10,18H,3-4,7-9,11H2,1-2H3,(H,19,20). The monoisotopic (exact) mass is 294 g/mol. The van der Waals surface area contributed by atoms with Gasteiger partial charge >= 0.3 is 0 Å². The number of carbonyl (C=O) groups is 1. The second-order valence-corrected chi connectivity index (χ2v) is 5.61. The molecular weight excluding hydrogens is 271 g/mol. The minimum Gasteiger partial charge on any atom is -0.494 e. The van der Waals surface area contributed by atoms with E-state index >= 15 is 0 Å². The summed E-state index contributed by atoms with van der Waals surface area (Å²) in [5.41, 5.74) is 0.0861. The van der Waals surface area contributed by atoms with Crippen molar-refractivity contribution >= 4 is 11.6 Å². The topological polar surface area (TPSA) is 50.4 Å². The lowest BCUT2D eigenvalue weighted by molar-refractivity contribution is -0.127. The highest BCUT2D eigenvalue weighted by atomic mass is 19.1. The largest absolute Gasteiger partial charge is 0.494 e. The summed E-state index contributed by atoms with van der Waals surface area (Å²) in [5.74, 6) is -0.321. The van der Waals surface area contributed by atoms with E-state index in [0.29, 0.717) is 12.2 Å². The molecule has 0 aromatic heterocycles. The van der Waals surface area contributed by atoms with Crippen LogP contribution in [0.2, 0.25) is 0 Å². The number of hydrogen-bond acceptors (Lipinski definition) is 3. The molecule has 21 heavy (non-hydrogen) atoms. The number of benzene rings is 1. The van der Waals surface area contributed by atoms with Crippen molar-refractivity contribution in [3.63, 3.8) is 0 Å². The highest BCUT2D eigenvalue weighted by Crippen LogP contribution is 2.33. The number of nitrogens with one attached hydrogen (secondary N) is 2. The van der Waals surface area contributed by atoms with Crippen LogP contribution in [0.1, 0.15) is 32.6 Å². The molecule has 1 amide bonds. The Balaban J connectivity index is 2.13. The summed E-state index contributed by atoms with van der Waals surface area (Å²) in [5, 5.41) is 6.16. The van der Waals surface area contributed by atoms with Crippen molar-refractivity contribution in [1.82, 2.24) is 5.32 Å². The lowest BCUT2D eigenvalue weighted by atomic mass is 9.76. The summed E-state index contributed by atoms with van der Waals surface area (Å²) in [6.07, 6.45) is 3.65. The summed E-state index contributed by atoms with van der Waals surface area (Å²) >= 11 is 0. The van der Waals surface area contributed by atoms with E-state index < -0.39 is 5.82 Å². The van der Waals surface area contributed by atoms with Gasteiger partial charge in [-0.25, -0.2) is 4.39 Å². The van der Waals surface area contributed by atoms with E-state index in [-0.39, 0.29) is 17.1 Å². The van der Waals surface area contributed by atoms with Crippen molar-refractivity contribution in [3.8, 4) is 5.75 Å². The maximum atomic E-state index is 13.7. The Kier molecular flexibility index (Phi) is 5.17. The Hall–Kier alpha value is -1.62. The van der Waals surface area contributed by atoms with Crippen molar-refractivity contribution in [2.45, 2.75) is 32.6 Å². The molecule has 5 heteroatoms. The molecule has 1 atom stereocenters. The molecular formula is C16H23FN2O2. The van der Waals surface area contributed by atoms with E-state index in [1.54, 1.807) is 6.07 Å². The molecule has 0 aliphatic carbocycles. The Morgan fingerprint density at radius 1 is 1.52 bits per heavy atom. The minimum atomic E-state index is -0.471. The average Bonchev–Trinajstić information content (AvgIpc) is 2.48. The lowest BCUT2D eigenvalue weighted by Crippen LogP contribution is -2.48. The van der Waals surface area contributed by atoms with Gasteiger partial charge in [-0.1, -0.05) is 13.3 Å². The Morgan fingerprint density at radius 2 is 2.33 bits per heavy atom. The van der Waals surface area contributed by atoms with E-state index in [1.807, 2.05) is 0 Å². The minimum absolute atomic E-state index is 0.0267. The molecule has 0 saturated carbocycles. The number of methoxy groups -OCH3 is 1. The van der Waals surface area contributed by atoms with Gasteiger partial charge in [-0.3, -0.25) is 4.79 Å². The summed E-state index contributed by atoms with van der Waals surface area (Å²) in [6, 6.07) is 4.49. The van der Waals surface area contributed by atoms with E-state index in [2.05, 4.69) is 17.6 Å². The van der Waals surface area contributed by atoms with Crippen molar-refractivity contribution in [1.29, 1.82) is 0 Å². The fourth-order valence-corrected chi connectivity index (χ4v) is 2.97. The molecule has 2 rings (SSSR count). The van der Waals surface area contributed by atoms with Gasteiger partial charge in [-0.2, -0.15) is 0 Å². The van der Waals surface area contributed by atoms with Crippen molar-refractivity contribution in [2.24, 2.45) is 5.41 Å². The number of piperidine rings is 1. The number of carbonyl (C=O) groups excluding carboxylic acids is 1. The molecule has 116 valence electrons. The first-order chi connectivity index (χ1) is 10.1. The highest BCUT2D eigenvalue weighted by molar-refractivity contribution is 5.95. The SMILES string of the molecule is CCCC1(C(=O)Nc2ccc(OC)c(F)c2)CCCNC1. The van der Waals surface area contributed by atoms with Gasteiger partial charge in [-0.15, -0.1) is 0 Å². The van der Waals surface area contributed by atoms with Gasteiger partial charge in [-0.05, 0) is 37.9 Å². The average molecular weight is 294 g/mol. The van der Waals surface area contributed by atoms with Crippen LogP contribution in [0.5, 0.6) is 5.75 Å². The second kappa shape index (κ2) is 6.89. The number of anilines is 1. The zero-order valence-corrected chi connectivity index (χ0v) is 12.7. The molecule has 1 aromatic rings. The molecule has 1 fully saturated rings. The van der Waals surface area contributed by atoms with E-state index in [9.17, 15) is 9.18 Å². The first kappa shape index (κ1) is 15.8. The molecule has 1 unspecified atom stereocenters. The van der Waals surface area contributed by atoms with Crippen LogP contribution in [-0.2, 0) is 4.79 Å². The number of hydrogen-bond donors (Lipinski definition) is 2. The number of rotatable bonds is 5. The molecule has 1 aliphatic rings. The van der Waals surface area contributed by atoms with Gasteiger partial charge in [0.05, 0.1) is 12.5 Å². The fourth-order valence-electron chi connectivity index (χ4n) is 2.97. The van der Waals surface area contributed by atoms with Gasteiger partial charge in [0.2, 0.25) is 5.91 Å². The molecule has 1 aliphatic heterocycles. The third-order valence-electron chi connectivity index (χ3n) is 4.09. The van der Waals surface area contributed by atoms with Gasteiger partial charge in [0.15, 0.2) is 11.6 Å². The first-order valence-electron chi connectivity index (χ1n) is 7.47. The van der Waals surface area contributed by atoms with Crippen LogP contribution < -0.4 is 15.4 Å². The van der Waals surface area contributed by atoms with Crippen LogP contribution in [-0.4, -0.2) is 26.1 Å². The van der Waals surface area contributed by atoms with E-state index in [1.165, 1.54) is 19.2 Å². The summed E-state index contributed by atoms with van der Waals surface area (Å²) < 4.78 is 18.6. The molecule has 0 bridgehead atoms. The molecule has 0 spiro atoms. The third kappa shape index (κ3) is 3.53. The highest BCUT2D eigenvalue weighted by Gasteiger charge is 2.38. The van der Waals surface area contributed by atoms with Crippen LogP contribution in [0.3, 0.4) is 0 Å². The number of halogens is 1. The predicted octanol–water partition coefficient (Wildman–Crippen LogP) is 2.94. The maximum Gasteiger partial charge on any atom is 0.231 e. The summed E-state index contributed by atoms with van der Waals surface area (Å²) in [7, 11) is 1.42. The molecule has 4 nitrogen and oxygen atoms in total. The van der Waals surface area contributed by atoms with E-state index in [4.69, 9.17) is 4.74 Å². The van der Waals surface area contributed by atoms with Crippen LogP contribution in [0.15, 0.2) is 18.2 Å². The van der Waals surface area contributed by atoms with Gasteiger partial charge in [0.25, 0.3) is 0 Å². The molecule has 1 saturated heterocycles. The summed E-state index contributed by atoms with van der Waals surface area (Å²) in [4.78, 5) is 12.6. The second-order valence-electron chi connectivity index (χ2n) is 5.61.